The molecule has 26 heavy (non-hydrogen) atoms. The van der Waals surface area contributed by atoms with Crippen LogP contribution in [0, 0.1) is 0 Å². The maximum absolute atomic E-state index is 3.41. The topological polar surface area (TPSA) is 18.5 Å². The molecule has 3 nitrogen and oxygen atoms in total. The summed E-state index contributed by atoms with van der Waals surface area (Å²) in [4.78, 5) is 4.87. The van der Waals surface area contributed by atoms with Crippen LogP contribution in [0.3, 0.4) is 0 Å². The zero-order valence-corrected chi connectivity index (χ0v) is 16.5. The summed E-state index contributed by atoms with van der Waals surface area (Å²) >= 11 is 0. The monoisotopic (exact) mass is 351 g/mol. The van der Waals surface area contributed by atoms with E-state index in [1.54, 1.807) is 0 Å². The molecule has 2 aromatic rings. The first kappa shape index (κ1) is 18.9. The van der Waals surface area contributed by atoms with Crippen LogP contribution in [-0.4, -0.2) is 44.7 Å². The first-order valence-electron chi connectivity index (χ1n) is 9.94. The summed E-state index contributed by atoms with van der Waals surface area (Å²) in [5, 5.41) is 3.41. The second-order valence-corrected chi connectivity index (χ2v) is 7.76. The highest BCUT2D eigenvalue weighted by molar-refractivity contribution is 5.47. The van der Waals surface area contributed by atoms with Gasteiger partial charge in [-0.15, -0.1) is 0 Å². The molecule has 0 aromatic heterocycles. The van der Waals surface area contributed by atoms with Gasteiger partial charge in [0.25, 0.3) is 0 Å². The van der Waals surface area contributed by atoms with E-state index >= 15 is 0 Å². The zero-order chi connectivity index (χ0) is 18.4. The molecule has 1 saturated heterocycles. The predicted octanol–water partition coefficient (Wildman–Crippen LogP) is 3.89. The molecule has 1 aliphatic rings. The molecular weight excluding hydrogens is 318 g/mol. The third-order valence-electron chi connectivity index (χ3n) is 5.38. The van der Waals surface area contributed by atoms with Gasteiger partial charge in [-0.25, -0.2) is 0 Å². The van der Waals surface area contributed by atoms with Crippen LogP contribution in [0.4, 0.5) is 5.69 Å². The molecule has 0 saturated carbocycles. The molecule has 0 aliphatic carbocycles. The van der Waals surface area contributed by atoms with E-state index in [9.17, 15) is 0 Å². The van der Waals surface area contributed by atoms with Crippen LogP contribution < -0.4 is 10.2 Å². The third kappa shape index (κ3) is 5.33. The van der Waals surface area contributed by atoms with Gasteiger partial charge in [-0.2, -0.15) is 0 Å². The Kier molecular flexibility index (Phi) is 6.70. The molecule has 3 rings (SSSR count). The van der Waals surface area contributed by atoms with E-state index in [2.05, 4.69) is 84.5 Å². The Bertz CT molecular complexity index is 655. The number of rotatable bonds is 7. The fourth-order valence-electron chi connectivity index (χ4n) is 3.48. The van der Waals surface area contributed by atoms with Crippen molar-refractivity contribution >= 4 is 5.69 Å². The van der Waals surface area contributed by atoms with Crippen LogP contribution in [0.1, 0.15) is 36.5 Å². The highest BCUT2D eigenvalue weighted by Crippen LogP contribution is 2.19. The zero-order valence-electron chi connectivity index (χ0n) is 16.5. The first-order chi connectivity index (χ1) is 12.6. The first-order valence-corrected chi connectivity index (χ1v) is 9.94. The lowest BCUT2D eigenvalue weighted by Gasteiger charge is -2.27. The minimum atomic E-state index is 0.592. The van der Waals surface area contributed by atoms with Crippen molar-refractivity contribution < 1.29 is 0 Å². The van der Waals surface area contributed by atoms with Gasteiger partial charge in [-0.05, 0) is 41.2 Å². The molecule has 2 aromatic carbocycles. The number of piperazine rings is 1. The van der Waals surface area contributed by atoms with Crippen molar-refractivity contribution in [1.29, 1.82) is 0 Å². The van der Waals surface area contributed by atoms with Gasteiger partial charge in [0.05, 0.1) is 0 Å². The molecule has 0 amide bonds. The average molecular weight is 352 g/mol. The Morgan fingerprint density at radius 1 is 0.923 bits per heavy atom. The summed E-state index contributed by atoms with van der Waals surface area (Å²) in [6, 6.07) is 18.2. The molecule has 1 N–H and O–H groups in total. The minimum absolute atomic E-state index is 0.592. The van der Waals surface area contributed by atoms with Crippen LogP contribution in [0.2, 0.25) is 0 Å². The lowest BCUT2D eigenvalue weighted by molar-refractivity contribution is 0.233. The van der Waals surface area contributed by atoms with E-state index in [0.717, 1.165) is 45.7 Å². The summed E-state index contributed by atoms with van der Waals surface area (Å²) in [7, 11) is 2.18. The van der Waals surface area contributed by atoms with Gasteiger partial charge in [0, 0.05) is 52.0 Å². The lowest BCUT2D eigenvalue weighted by atomic mass is 10.0. The molecule has 0 spiro atoms. The fourth-order valence-corrected chi connectivity index (χ4v) is 3.48. The van der Waals surface area contributed by atoms with Gasteiger partial charge < -0.3 is 10.2 Å². The van der Waals surface area contributed by atoms with Gasteiger partial charge in [-0.1, -0.05) is 50.2 Å². The number of hydrogen-bond acceptors (Lipinski definition) is 3. The molecule has 0 atom stereocenters. The Balaban J connectivity index is 1.49. The minimum Gasteiger partial charge on any atom is -0.374 e. The van der Waals surface area contributed by atoms with Gasteiger partial charge in [-0.3, -0.25) is 4.90 Å². The van der Waals surface area contributed by atoms with Gasteiger partial charge in [0.15, 0.2) is 0 Å². The van der Waals surface area contributed by atoms with Crippen LogP contribution in [0.15, 0.2) is 48.5 Å². The largest absolute Gasteiger partial charge is 0.374 e. The lowest BCUT2D eigenvalue weighted by Crippen LogP contribution is -2.42. The standard InChI is InChI=1S/C23H33N3/c1-19(2)22-8-10-23(11-9-22)25(3)15-12-20-4-6-21(7-5-20)18-26-16-13-24-14-17-26/h4-11,19,24H,12-18H2,1-3H3. The molecule has 3 heteroatoms. The molecular formula is C23H33N3. The summed E-state index contributed by atoms with van der Waals surface area (Å²) in [5.41, 5.74) is 5.54. The Morgan fingerprint density at radius 2 is 1.54 bits per heavy atom. The molecule has 0 unspecified atom stereocenters. The molecule has 1 aliphatic heterocycles. The average Bonchev–Trinajstić information content (AvgIpc) is 2.68. The van der Waals surface area contributed by atoms with E-state index in [-0.39, 0.29) is 0 Å². The van der Waals surface area contributed by atoms with Crippen LogP contribution in [0.5, 0.6) is 0 Å². The molecule has 140 valence electrons. The van der Waals surface area contributed by atoms with Gasteiger partial charge in [0.2, 0.25) is 0 Å². The Morgan fingerprint density at radius 3 is 2.15 bits per heavy atom. The summed E-state index contributed by atoms with van der Waals surface area (Å²) in [5.74, 6) is 0.592. The number of benzene rings is 2. The Labute approximate surface area is 159 Å². The maximum Gasteiger partial charge on any atom is 0.0363 e. The van der Waals surface area contributed by atoms with Crippen LogP contribution >= 0.6 is 0 Å². The van der Waals surface area contributed by atoms with Crippen molar-refractivity contribution in [3.05, 3.63) is 65.2 Å². The van der Waals surface area contributed by atoms with Crippen molar-refractivity contribution in [2.45, 2.75) is 32.7 Å². The van der Waals surface area contributed by atoms with E-state index in [0.29, 0.717) is 5.92 Å². The SMILES string of the molecule is CC(C)c1ccc(N(C)CCc2ccc(CN3CCNCC3)cc2)cc1. The van der Waals surface area contributed by atoms with Crippen molar-refractivity contribution in [2.75, 3.05) is 44.7 Å². The number of nitrogens with zero attached hydrogens (tertiary/aromatic N) is 2. The summed E-state index contributed by atoms with van der Waals surface area (Å²) < 4.78 is 0. The smallest absolute Gasteiger partial charge is 0.0363 e. The fraction of sp³-hybridized carbons (Fsp3) is 0.478. The maximum atomic E-state index is 3.41. The number of hydrogen-bond donors (Lipinski definition) is 1. The van der Waals surface area contributed by atoms with Crippen molar-refractivity contribution in [2.24, 2.45) is 0 Å². The van der Waals surface area contributed by atoms with E-state index in [4.69, 9.17) is 0 Å². The van der Waals surface area contributed by atoms with E-state index in [1.165, 1.54) is 22.4 Å². The summed E-state index contributed by atoms with van der Waals surface area (Å²) in [6.45, 7) is 11.1. The van der Waals surface area contributed by atoms with Crippen molar-refractivity contribution in [1.82, 2.24) is 10.2 Å². The highest BCUT2D eigenvalue weighted by Gasteiger charge is 2.09. The second-order valence-electron chi connectivity index (χ2n) is 7.76. The van der Waals surface area contributed by atoms with Crippen molar-refractivity contribution in [3.63, 3.8) is 0 Å². The molecule has 1 heterocycles. The van der Waals surface area contributed by atoms with Crippen LogP contribution in [-0.2, 0) is 13.0 Å². The molecule has 0 bridgehead atoms. The quantitative estimate of drug-likeness (QED) is 0.816. The van der Waals surface area contributed by atoms with Gasteiger partial charge in [0.1, 0.15) is 0 Å². The summed E-state index contributed by atoms with van der Waals surface area (Å²) in [6.07, 6.45) is 1.08. The second kappa shape index (κ2) is 9.20. The van der Waals surface area contributed by atoms with E-state index < -0.39 is 0 Å². The predicted molar refractivity (Wildman–Crippen MR) is 112 cm³/mol. The molecule has 1 fully saturated rings. The molecule has 0 radical (unpaired) electrons. The highest BCUT2D eigenvalue weighted by atomic mass is 15.2. The van der Waals surface area contributed by atoms with Crippen molar-refractivity contribution in [3.8, 4) is 0 Å². The number of anilines is 1. The number of likely N-dealkylation sites (N-methyl/N-ethyl adjacent to an activating group) is 1. The Hall–Kier alpha value is -1.84. The van der Waals surface area contributed by atoms with E-state index in [1.807, 2.05) is 0 Å². The van der Waals surface area contributed by atoms with Gasteiger partial charge >= 0.3 is 0 Å². The number of nitrogens with one attached hydrogen (secondary N) is 1. The normalized spacial score (nSPS) is 15.4. The van der Waals surface area contributed by atoms with Crippen LogP contribution in [0.25, 0.3) is 0 Å². The third-order valence-corrected chi connectivity index (χ3v) is 5.38.